The summed E-state index contributed by atoms with van der Waals surface area (Å²) in [6.07, 6.45) is -4.91. The Morgan fingerprint density at radius 3 is 2.36 bits per heavy atom. The molecular formula is C17H22F4N2O2. The summed E-state index contributed by atoms with van der Waals surface area (Å²) < 4.78 is 52.2. The Balaban J connectivity index is 2.54. The maximum Gasteiger partial charge on any atom is 0.419 e. The van der Waals surface area contributed by atoms with Crippen molar-refractivity contribution in [3.63, 3.8) is 0 Å². The summed E-state index contributed by atoms with van der Waals surface area (Å²) in [5.41, 5.74) is 3.47. The van der Waals surface area contributed by atoms with Crippen molar-refractivity contribution in [2.24, 2.45) is 11.1 Å². The molecule has 1 heterocycles. The molecule has 0 bridgehead atoms. The third kappa shape index (κ3) is 3.19. The van der Waals surface area contributed by atoms with Gasteiger partial charge in [0.2, 0.25) is 0 Å². The van der Waals surface area contributed by atoms with Crippen molar-refractivity contribution in [1.29, 1.82) is 0 Å². The molecule has 0 aromatic heterocycles. The van der Waals surface area contributed by atoms with Crippen molar-refractivity contribution < 1.29 is 27.5 Å². The fourth-order valence-electron chi connectivity index (χ4n) is 3.91. The number of rotatable bonds is 2. The highest BCUT2D eigenvalue weighted by molar-refractivity contribution is 5.67. The molecule has 3 N–H and O–H groups in total. The highest BCUT2D eigenvalue weighted by Gasteiger charge is 2.56. The normalized spacial score (nSPS) is 23.0. The number of benzene rings is 1. The van der Waals surface area contributed by atoms with E-state index in [9.17, 15) is 27.5 Å². The number of amides is 1. The van der Waals surface area contributed by atoms with E-state index in [1.165, 1.54) is 4.90 Å². The van der Waals surface area contributed by atoms with E-state index in [-0.39, 0.29) is 12.1 Å². The second kappa shape index (κ2) is 6.16. The highest BCUT2D eigenvalue weighted by atomic mass is 19.4. The van der Waals surface area contributed by atoms with Gasteiger partial charge in [-0.3, -0.25) is 0 Å². The molecule has 2 atom stereocenters. The molecule has 1 fully saturated rings. The predicted molar refractivity (Wildman–Crippen MR) is 84.5 cm³/mol. The Morgan fingerprint density at radius 1 is 1.32 bits per heavy atom. The summed E-state index contributed by atoms with van der Waals surface area (Å²) in [4.78, 5) is 12.9. The zero-order chi connectivity index (χ0) is 19.2. The van der Waals surface area contributed by atoms with E-state index < -0.39 is 40.6 Å². The molecule has 140 valence electrons. The first-order chi connectivity index (χ1) is 11.3. The van der Waals surface area contributed by atoms with Gasteiger partial charge >= 0.3 is 12.3 Å². The molecule has 0 saturated carbocycles. The highest BCUT2D eigenvalue weighted by Crippen LogP contribution is 2.50. The Hall–Kier alpha value is -1.83. The molecule has 1 aliphatic rings. The van der Waals surface area contributed by atoms with E-state index >= 15 is 0 Å². The van der Waals surface area contributed by atoms with Crippen LogP contribution in [0.3, 0.4) is 0 Å². The van der Waals surface area contributed by atoms with E-state index in [2.05, 4.69) is 0 Å². The van der Waals surface area contributed by atoms with Crippen LogP contribution in [0.15, 0.2) is 18.2 Å². The molecule has 2 rings (SSSR count). The summed E-state index contributed by atoms with van der Waals surface area (Å²) in [5.74, 6) is -1.41. The molecule has 0 spiro atoms. The Bertz CT molecular complexity index is 670. The third-order valence-corrected chi connectivity index (χ3v) is 5.12. The van der Waals surface area contributed by atoms with Crippen molar-refractivity contribution in [3.8, 4) is 0 Å². The van der Waals surface area contributed by atoms with E-state index in [0.29, 0.717) is 18.9 Å². The predicted octanol–water partition coefficient (Wildman–Crippen LogP) is 4.40. The number of carboxylic acid groups (broad SMARTS) is 1. The molecule has 1 aromatic carbocycles. The first kappa shape index (κ1) is 19.5. The van der Waals surface area contributed by atoms with Crippen LogP contribution in [-0.4, -0.2) is 28.2 Å². The molecule has 0 aliphatic carbocycles. The Kier molecular flexibility index (Phi) is 4.80. The minimum atomic E-state index is -4.80. The Morgan fingerprint density at radius 2 is 1.92 bits per heavy atom. The van der Waals surface area contributed by atoms with Gasteiger partial charge in [0.15, 0.2) is 0 Å². The Labute approximate surface area is 143 Å². The van der Waals surface area contributed by atoms with E-state index in [1.54, 1.807) is 0 Å². The fourth-order valence-corrected chi connectivity index (χ4v) is 3.91. The van der Waals surface area contributed by atoms with Gasteiger partial charge in [0.05, 0.1) is 17.1 Å². The summed E-state index contributed by atoms with van der Waals surface area (Å²) in [7, 11) is 0. The molecule has 8 heteroatoms. The van der Waals surface area contributed by atoms with Crippen LogP contribution in [0.4, 0.5) is 22.4 Å². The van der Waals surface area contributed by atoms with Crippen LogP contribution in [-0.2, 0) is 6.18 Å². The maximum atomic E-state index is 14.0. The largest absolute Gasteiger partial charge is 0.465 e. The zero-order valence-corrected chi connectivity index (χ0v) is 14.3. The van der Waals surface area contributed by atoms with Gasteiger partial charge < -0.3 is 15.7 Å². The summed E-state index contributed by atoms with van der Waals surface area (Å²) in [5, 5.41) is 9.56. The summed E-state index contributed by atoms with van der Waals surface area (Å²) in [6.45, 7) is 5.76. The van der Waals surface area contributed by atoms with Gasteiger partial charge in [0.25, 0.3) is 0 Å². The number of nitrogens with zero attached hydrogens (tertiary/aromatic N) is 1. The smallest absolute Gasteiger partial charge is 0.419 e. The second-order valence-electron chi connectivity index (χ2n) is 7.43. The molecule has 0 radical (unpaired) electrons. The van der Waals surface area contributed by atoms with E-state index in [0.717, 1.165) is 12.1 Å². The second-order valence-corrected chi connectivity index (χ2v) is 7.43. The number of carbonyl (C=O) groups is 1. The lowest BCUT2D eigenvalue weighted by atomic mass is 9.66. The van der Waals surface area contributed by atoms with E-state index in [1.807, 2.05) is 20.8 Å². The SMILES string of the molecule is CC(C)(C)C1([C@@H](N)c2ccc(C(F)(F)F)c(F)c2)CCCN1C(=O)O. The monoisotopic (exact) mass is 362 g/mol. The van der Waals surface area contributed by atoms with Gasteiger partial charge in [-0.1, -0.05) is 26.8 Å². The lowest BCUT2D eigenvalue weighted by Gasteiger charge is -2.51. The van der Waals surface area contributed by atoms with Gasteiger partial charge in [-0.2, -0.15) is 13.2 Å². The summed E-state index contributed by atoms with van der Waals surface area (Å²) in [6, 6.07) is 1.59. The average molecular weight is 362 g/mol. The molecule has 1 unspecified atom stereocenters. The number of halogens is 4. The lowest BCUT2D eigenvalue weighted by molar-refractivity contribution is -0.140. The molecule has 25 heavy (non-hydrogen) atoms. The standard InChI is InChI=1S/C17H22F4N2O2/c1-15(2,3)16(7-4-8-23(16)14(24)25)13(22)10-5-6-11(12(18)9-10)17(19,20)21/h5-6,9,13H,4,7-8,22H2,1-3H3,(H,24,25)/t13-,16?/m0/s1. The maximum absolute atomic E-state index is 14.0. The minimum Gasteiger partial charge on any atom is -0.465 e. The topological polar surface area (TPSA) is 66.6 Å². The van der Waals surface area contributed by atoms with Crippen LogP contribution >= 0.6 is 0 Å². The summed E-state index contributed by atoms with van der Waals surface area (Å²) >= 11 is 0. The van der Waals surface area contributed by atoms with Crippen molar-refractivity contribution >= 4 is 6.09 Å². The minimum absolute atomic E-state index is 0.147. The number of hydrogen-bond donors (Lipinski definition) is 2. The van der Waals surface area contributed by atoms with Crippen molar-refractivity contribution in [2.45, 2.75) is 51.4 Å². The molecule has 1 amide bonds. The van der Waals surface area contributed by atoms with Gasteiger partial charge in [-0.25, -0.2) is 9.18 Å². The number of likely N-dealkylation sites (tertiary alicyclic amines) is 1. The van der Waals surface area contributed by atoms with Gasteiger partial charge in [0, 0.05) is 6.54 Å². The first-order valence-corrected chi connectivity index (χ1v) is 7.95. The first-order valence-electron chi connectivity index (χ1n) is 7.95. The van der Waals surface area contributed by atoms with Crippen LogP contribution in [0.1, 0.15) is 50.8 Å². The average Bonchev–Trinajstić information content (AvgIpc) is 2.90. The third-order valence-electron chi connectivity index (χ3n) is 5.12. The van der Waals surface area contributed by atoms with Crippen molar-refractivity contribution in [1.82, 2.24) is 4.90 Å². The van der Waals surface area contributed by atoms with Gasteiger partial charge in [-0.05, 0) is 36.0 Å². The van der Waals surface area contributed by atoms with Crippen molar-refractivity contribution in [2.75, 3.05) is 6.54 Å². The van der Waals surface area contributed by atoms with Crippen LogP contribution in [0.2, 0.25) is 0 Å². The lowest BCUT2D eigenvalue weighted by Crippen LogP contribution is -2.61. The van der Waals surface area contributed by atoms with Crippen LogP contribution in [0, 0.1) is 11.2 Å². The van der Waals surface area contributed by atoms with Gasteiger partial charge in [-0.15, -0.1) is 0 Å². The van der Waals surface area contributed by atoms with Crippen LogP contribution in [0.5, 0.6) is 0 Å². The van der Waals surface area contributed by atoms with E-state index in [4.69, 9.17) is 5.73 Å². The number of alkyl halides is 3. The molecule has 1 saturated heterocycles. The quantitative estimate of drug-likeness (QED) is 0.766. The molecule has 4 nitrogen and oxygen atoms in total. The van der Waals surface area contributed by atoms with Crippen LogP contribution < -0.4 is 5.73 Å². The molecular weight excluding hydrogens is 340 g/mol. The molecule has 1 aliphatic heterocycles. The molecule has 1 aromatic rings. The number of nitrogens with two attached hydrogens (primary N) is 1. The van der Waals surface area contributed by atoms with Crippen LogP contribution in [0.25, 0.3) is 0 Å². The number of hydrogen-bond acceptors (Lipinski definition) is 2. The van der Waals surface area contributed by atoms with Crippen molar-refractivity contribution in [3.05, 3.63) is 35.1 Å². The zero-order valence-electron chi connectivity index (χ0n) is 14.3. The fraction of sp³-hybridized carbons (Fsp3) is 0.588. The van der Waals surface area contributed by atoms with Gasteiger partial charge in [0.1, 0.15) is 5.82 Å².